The van der Waals surface area contributed by atoms with Gasteiger partial charge >= 0.3 is 0 Å². The molecule has 6 heteroatoms. The Hall–Kier alpha value is -3.17. The maximum Gasteiger partial charge on any atom is 0.238 e. The Morgan fingerprint density at radius 1 is 0.867 bits per heavy atom. The van der Waals surface area contributed by atoms with Crippen molar-refractivity contribution in [3.63, 3.8) is 0 Å². The number of nitriles is 1. The Balaban J connectivity index is 2.09. The third-order valence-corrected chi connectivity index (χ3v) is 4.98. The van der Waals surface area contributed by atoms with Crippen LogP contribution in [0.3, 0.4) is 0 Å². The highest BCUT2D eigenvalue weighted by atomic mass is 16.2. The van der Waals surface area contributed by atoms with E-state index in [0.29, 0.717) is 6.54 Å². The van der Waals surface area contributed by atoms with E-state index in [1.807, 2.05) is 64.1 Å². The van der Waals surface area contributed by atoms with Crippen LogP contribution in [0.2, 0.25) is 0 Å². The van der Waals surface area contributed by atoms with Crippen molar-refractivity contribution in [2.45, 2.75) is 34.6 Å². The Morgan fingerprint density at radius 3 is 1.57 bits per heavy atom. The number of nitrogens with one attached hydrogen (secondary N) is 2. The third kappa shape index (κ3) is 6.43. The minimum absolute atomic E-state index is 0.0277. The van der Waals surface area contributed by atoms with Crippen molar-refractivity contribution in [3.05, 3.63) is 58.7 Å². The van der Waals surface area contributed by atoms with Crippen molar-refractivity contribution in [1.29, 1.82) is 5.26 Å². The van der Waals surface area contributed by atoms with Crippen LogP contribution in [0.5, 0.6) is 0 Å². The highest BCUT2D eigenvalue weighted by Gasteiger charge is 2.19. The topological polar surface area (TPSA) is 85.2 Å². The number of amides is 2. The van der Waals surface area contributed by atoms with Gasteiger partial charge in [-0.15, -0.1) is 0 Å². The van der Waals surface area contributed by atoms with Gasteiger partial charge in [-0.2, -0.15) is 5.26 Å². The Labute approximate surface area is 178 Å². The molecule has 0 aliphatic heterocycles. The average Bonchev–Trinajstić information content (AvgIpc) is 2.67. The lowest BCUT2D eigenvalue weighted by Gasteiger charge is -2.23. The number of aryl methyl sites for hydroxylation is 4. The fourth-order valence-electron chi connectivity index (χ4n) is 3.40. The fourth-order valence-corrected chi connectivity index (χ4v) is 3.40. The van der Waals surface area contributed by atoms with Gasteiger partial charge in [-0.05, 0) is 56.9 Å². The number of rotatable bonds is 8. The largest absolute Gasteiger partial charge is 0.324 e. The number of para-hydroxylation sites is 2. The lowest BCUT2D eigenvalue weighted by Crippen LogP contribution is -2.41. The van der Waals surface area contributed by atoms with Crippen LogP contribution in [0.25, 0.3) is 0 Å². The molecule has 0 spiro atoms. The molecule has 0 unspecified atom stereocenters. The van der Waals surface area contributed by atoms with Crippen LogP contribution >= 0.6 is 0 Å². The first-order valence-corrected chi connectivity index (χ1v) is 10.0. The van der Waals surface area contributed by atoms with Gasteiger partial charge in [0.05, 0.1) is 25.1 Å². The molecule has 0 aliphatic rings. The summed E-state index contributed by atoms with van der Waals surface area (Å²) in [6, 6.07) is 13.8. The van der Waals surface area contributed by atoms with Crippen molar-refractivity contribution in [1.82, 2.24) is 4.90 Å². The van der Waals surface area contributed by atoms with E-state index in [0.717, 1.165) is 33.6 Å². The molecule has 2 rings (SSSR count). The highest BCUT2D eigenvalue weighted by Crippen LogP contribution is 2.20. The molecule has 0 fully saturated rings. The lowest BCUT2D eigenvalue weighted by molar-refractivity contribution is -0.120. The van der Waals surface area contributed by atoms with Crippen LogP contribution in [0.15, 0.2) is 36.4 Å². The zero-order valence-corrected chi connectivity index (χ0v) is 18.4. The number of carbonyl (C=O) groups is 2. The molecule has 158 valence electrons. The predicted octanol–water partition coefficient (Wildman–Crippen LogP) is 3.96. The monoisotopic (exact) mass is 406 g/mol. The van der Waals surface area contributed by atoms with Crippen LogP contribution in [0, 0.1) is 44.9 Å². The van der Waals surface area contributed by atoms with Crippen LogP contribution in [-0.4, -0.2) is 36.3 Å². The minimum Gasteiger partial charge on any atom is -0.324 e. The maximum absolute atomic E-state index is 12.7. The number of carbonyl (C=O) groups excluding carboxylic acids is 2. The van der Waals surface area contributed by atoms with Gasteiger partial charge in [0.1, 0.15) is 0 Å². The molecule has 6 nitrogen and oxygen atoms in total. The minimum atomic E-state index is -0.300. The van der Waals surface area contributed by atoms with E-state index in [9.17, 15) is 14.9 Å². The summed E-state index contributed by atoms with van der Waals surface area (Å²) in [5.41, 5.74) is 5.49. The van der Waals surface area contributed by atoms with E-state index in [-0.39, 0.29) is 30.8 Å². The first-order valence-electron chi connectivity index (χ1n) is 10.0. The molecular formula is C24H30N4O2. The molecule has 2 aromatic carbocycles. The van der Waals surface area contributed by atoms with Crippen LogP contribution < -0.4 is 10.6 Å². The van der Waals surface area contributed by atoms with Crippen molar-refractivity contribution in [2.24, 2.45) is 5.92 Å². The summed E-state index contributed by atoms with van der Waals surface area (Å²) >= 11 is 0. The zero-order chi connectivity index (χ0) is 22.3. The Kier molecular flexibility index (Phi) is 8.14. The molecule has 2 aromatic rings. The summed E-state index contributed by atoms with van der Waals surface area (Å²) < 4.78 is 0. The summed E-state index contributed by atoms with van der Waals surface area (Å²) in [5.74, 6) is -0.721. The van der Waals surface area contributed by atoms with Gasteiger partial charge in [-0.1, -0.05) is 36.4 Å². The molecule has 0 saturated heterocycles. The number of benzene rings is 2. The van der Waals surface area contributed by atoms with Gasteiger partial charge in [0.25, 0.3) is 0 Å². The van der Waals surface area contributed by atoms with Gasteiger partial charge in [0.2, 0.25) is 11.8 Å². The van der Waals surface area contributed by atoms with Crippen LogP contribution in [0.1, 0.15) is 29.2 Å². The summed E-state index contributed by atoms with van der Waals surface area (Å²) in [7, 11) is 0. The van der Waals surface area contributed by atoms with Gasteiger partial charge in [0, 0.05) is 17.9 Å². The third-order valence-electron chi connectivity index (χ3n) is 4.98. The second-order valence-electron chi connectivity index (χ2n) is 7.83. The quantitative estimate of drug-likeness (QED) is 0.695. The Bertz CT molecular complexity index is 854. The molecule has 0 aromatic heterocycles. The van der Waals surface area contributed by atoms with Crippen LogP contribution in [-0.2, 0) is 9.59 Å². The standard InChI is InChI=1S/C24H30N4O2/c1-16(12-25)13-28(14-21(29)26-23-17(2)8-6-9-18(23)3)15-22(30)27-24-19(4)10-7-11-20(24)5/h6-11,16H,13-15H2,1-5H3,(H,26,29)(H,27,30)/t16-/m1/s1. The second kappa shape index (κ2) is 10.6. The number of hydrogen-bond donors (Lipinski definition) is 2. The van der Waals surface area contributed by atoms with E-state index >= 15 is 0 Å². The summed E-state index contributed by atoms with van der Waals surface area (Å²) in [6.45, 7) is 9.93. The molecule has 30 heavy (non-hydrogen) atoms. The second-order valence-corrected chi connectivity index (χ2v) is 7.83. The summed E-state index contributed by atoms with van der Waals surface area (Å²) in [5, 5.41) is 15.1. The van der Waals surface area contributed by atoms with E-state index in [2.05, 4.69) is 16.7 Å². The van der Waals surface area contributed by atoms with E-state index in [1.165, 1.54) is 0 Å². The normalized spacial score (nSPS) is 11.6. The Morgan fingerprint density at radius 2 is 1.23 bits per heavy atom. The van der Waals surface area contributed by atoms with E-state index in [1.54, 1.807) is 11.8 Å². The summed E-state index contributed by atoms with van der Waals surface area (Å²) in [6.07, 6.45) is 0. The number of anilines is 2. The molecule has 2 amide bonds. The van der Waals surface area contributed by atoms with Gasteiger partial charge in [-0.3, -0.25) is 14.5 Å². The SMILES string of the molecule is Cc1cccc(C)c1NC(=O)CN(CC(=O)Nc1c(C)cccc1C)C[C@H](C)C#N. The molecular weight excluding hydrogens is 376 g/mol. The molecule has 0 saturated carbocycles. The smallest absolute Gasteiger partial charge is 0.238 e. The van der Waals surface area contributed by atoms with Crippen molar-refractivity contribution < 1.29 is 9.59 Å². The average molecular weight is 407 g/mol. The predicted molar refractivity (Wildman–Crippen MR) is 120 cm³/mol. The number of hydrogen-bond acceptors (Lipinski definition) is 4. The molecule has 0 radical (unpaired) electrons. The summed E-state index contributed by atoms with van der Waals surface area (Å²) in [4.78, 5) is 27.1. The van der Waals surface area contributed by atoms with Gasteiger partial charge < -0.3 is 10.6 Å². The molecule has 1 atom stereocenters. The first-order chi connectivity index (χ1) is 14.2. The van der Waals surface area contributed by atoms with E-state index < -0.39 is 0 Å². The number of nitrogens with zero attached hydrogens (tertiary/aromatic N) is 2. The van der Waals surface area contributed by atoms with Crippen molar-refractivity contribution >= 4 is 23.2 Å². The van der Waals surface area contributed by atoms with Gasteiger partial charge in [0.15, 0.2) is 0 Å². The van der Waals surface area contributed by atoms with Crippen molar-refractivity contribution in [2.75, 3.05) is 30.3 Å². The first kappa shape index (κ1) is 23.1. The highest BCUT2D eigenvalue weighted by molar-refractivity contribution is 5.96. The van der Waals surface area contributed by atoms with E-state index in [4.69, 9.17) is 0 Å². The zero-order valence-electron chi connectivity index (χ0n) is 18.4. The maximum atomic E-state index is 12.7. The molecule has 0 bridgehead atoms. The molecule has 2 N–H and O–H groups in total. The van der Waals surface area contributed by atoms with Gasteiger partial charge in [-0.25, -0.2) is 0 Å². The molecule has 0 heterocycles. The molecule has 0 aliphatic carbocycles. The van der Waals surface area contributed by atoms with Crippen molar-refractivity contribution in [3.8, 4) is 6.07 Å². The van der Waals surface area contributed by atoms with Crippen LogP contribution in [0.4, 0.5) is 11.4 Å². The fraction of sp³-hybridized carbons (Fsp3) is 0.375. The lowest BCUT2D eigenvalue weighted by atomic mass is 10.1.